The number of hydrogen-bond acceptors (Lipinski definition) is 3. The topological polar surface area (TPSA) is 36.3 Å². The number of nitrogens with zero attached hydrogens (tertiary/aromatic N) is 2. The summed E-state index contributed by atoms with van der Waals surface area (Å²) in [5, 5.41) is 0.715. The summed E-state index contributed by atoms with van der Waals surface area (Å²) < 4.78 is 14.1. The summed E-state index contributed by atoms with van der Waals surface area (Å²) >= 11 is 6.52. The van der Waals surface area contributed by atoms with Crippen molar-refractivity contribution in [1.29, 1.82) is 0 Å². The summed E-state index contributed by atoms with van der Waals surface area (Å²) in [6.07, 6.45) is 5.29. The van der Waals surface area contributed by atoms with E-state index in [0.717, 1.165) is 28.2 Å². The van der Waals surface area contributed by atoms with Gasteiger partial charge in [0.2, 0.25) is 0 Å². The van der Waals surface area contributed by atoms with Gasteiger partial charge in [0.1, 0.15) is 17.6 Å². The van der Waals surface area contributed by atoms with Gasteiger partial charge < -0.3 is 14.0 Å². The van der Waals surface area contributed by atoms with Crippen molar-refractivity contribution in [3.63, 3.8) is 0 Å². The maximum absolute atomic E-state index is 6.52. The number of aryl methyl sites for hydroxylation is 1. The van der Waals surface area contributed by atoms with Crippen LogP contribution in [0.5, 0.6) is 11.5 Å². The fourth-order valence-corrected chi connectivity index (χ4v) is 3.55. The molecule has 0 aliphatic heterocycles. The van der Waals surface area contributed by atoms with E-state index in [1.807, 2.05) is 84.4 Å². The van der Waals surface area contributed by atoms with E-state index in [1.54, 1.807) is 12.5 Å². The number of halogens is 1. The first kappa shape index (κ1) is 20.2. The molecule has 0 saturated heterocycles. The number of rotatable bonds is 8. The number of para-hydroxylation sites is 1. The van der Waals surface area contributed by atoms with Gasteiger partial charge in [-0.3, -0.25) is 0 Å². The summed E-state index contributed by atoms with van der Waals surface area (Å²) in [6.45, 7) is 3.13. The van der Waals surface area contributed by atoms with Crippen molar-refractivity contribution in [3.05, 3.63) is 113 Å². The lowest BCUT2D eigenvalue weighted by atomic mass is 10.1. The molecular weight excluding hydrogens is 396 g/mol. The van der Waals surface area contributed by atoms with Crippen LogP contribution in [0.25, 0.3) is 0 Å². The van der Waals surface area contributed by atoms with Crippen LogP contribution >= 0.6 is 11.6 Å². The zero-order valence-electron chi connectivity index (χ0n) is 16.7. The Morgan fingerprint density at radius 3 is 2.43 bits per heavy atom. The van der Waals surface area contributed by atoms with Crippen molar-refractivity contribution >= 4 is 11.6 Å². The number of ether oxygens (including phenoxy) is 2. The molecule has 5 heteroatoms. The van der Waals surface area contributed by atoms with Gasteiger partial charge >= 0.3 is 0 Å². The molecule has 0 bridgehead atoms. The predicted octanol–water partition coefficient (Wildman–Crippen LogP) is 6.60. The Bertz CT molecular complexity index is 1060. The molecule has 1 unspecified atom stereocenters. The molecule has 0 fully saturated rings. The summed E-state index contributed by atoms with van der Waals surface area (Å²) in [5.74, 6) is 1.61. The van der Waals surface area contributed by atoms with Crippen molar-refractivity contribution in [2.45, 2.75) is 26.2 Å². The number of benzene rings is 3. The largest absolute Gasteiger partial charge is 0.457 e. The number of aromatic nitrogens is 2. The van der Waals surface area contributed by atoms with Gasteiger partial charge in [0.25, 0.3) is 0 Å². The Morgan fingerprint density at radius 1 is 0.967 bits per heavy atom. The van der Waals surface area contributed by atoms with Crippen LogP contribution in [0.4, 0.5) is 0 Å². The summed E-state index contributed by atoms with van der Waals surface area (Å²) in [4.78, 5) is 4.13. The summed E-state index contributed by atoms with van der Waals surface area (Å²) in [6, 6.07) is 23.7. The molecular formula is C25H23ClN2O2. The van der Waals surface area contributed by atoms with Crippen LogP contribution in [0.2, 0.25) is 5.02 Å². The summed E-state index contributed by atoms with van der Waals surface area (Å²) in [5.41, 5.74) is 3.16. The van der Waals surface area contributed by atoms with Gasteiger partial charge in [-0.1, -0.05) is 54.1 Å². The summed E-state index contributed by atoms with van der Waals surface area (Å²) in [7, 11) is 0. The van der Waals surface area contributed by atoms with E-state index < -0.39 is 0 Å². The van der Waals surface area contributed by atoms with Crippen LogP contribution in [0.15, 0.2) is 91.5 Å². The Balaban J connectivity index is 1.45. The average molecular weight is 419 g/mol. The van der Waals surface area contributed by atoms with E-state index in [0.29, 0.717) is 18.2 Å². The normalized spacial score (nSPS) is 11.9. The fourth-order valence-electron chi connectivity index (χ4n) is 3.20. The second kappa shape index (κ2) is 9.61. The molecule has 4 aromatic rings. The first-order chi connectivity index (χ1) is 14.7. The molecule has 152 valence electrons. The van der Waals surface area contributed by atoms with E-state index >= 15 is 0 Å². The van der Waals surface area contributed by atoms with Gasteiger partial charge in [-0.05, 0) is 48.4 Å². The van der Waals surface area contributed by atoms with Crippen LogP contribution in [0.3, 0.4) is 0 Å². The van der Waals surface area contributed by atoms with Crippen LogP contribution in [0.1, 0.15) is 22.8 Å². The van der Waals surface area contributed by atoms with Gasteiger partial charge in [-0.2, -0.15) is 0 Å². The maximum atomic E-state index is 6.52. The highest BCUT2D eigenvalue weighted by Gasteiger charge is 2.17. The molecule has 1 heterocycles. The quantitative estimate of drug-likeness (QED) is 0.323. The van der Waals surface area contributed by atoms with Crippen molar-refractivity contribution in [3.8, 4) is 11.5 Å². The van der Waals surface area contributed by atoms with E-state index in [-0.39, 0.29) is 6.10 Å². The maximum Gasteiger partial charge on any atom is 0.127 e. The van der Waals surface area contributed by atoms with Crippen LogP contribution in [-0.2, 0) is 17.9 Å². The third-order valence-electron chi connectivity index (χ3n) is 4.79. The second-order valence-corrected chi connectivity index (χ2v) is 7.55. The van der Waals surface area contributed by atoms with E-state index in [2.05, 4.69) is 11.1 Å². The van der Waals surface area contributed by atoms with E-state index in [9.17, 15) is 0 Å². The minimum atomic E-state index is -0.187. The van der Waals surface area contributed by atoms with E-state index in [1.165, 1.54) is 0 Å². The molecule has 0 saturated carbocycles. The fraction of sp³-hybridized carbons (Fsp3) is 0.160. The number of hydrogen-bond donors (Lipinski definition) is 0. The van der Waals surface area contributed by atoms with Crippen LogP contribution in [0, 0.1) is 6.92 Å². The molecule has 1 atom stereocenters. The first-order valence-electron chi connectivity index (χ1n) is 9.82. The van der Waals surface area contributed by atoms with Crippen molar-refractivity contribution in [1.82, 2.24) is 9.55 Å². The van der Waals surface area contributed by atoms with Crippen LogP contribution in [-0.4, -0.2) is 9.55 Å². The molecule has 0 N–H and O–H groups in total. The molecule has 4 rings (SSSR count). The molecule has 1 aromatic heterocycles. The Morgan fingerprint density at radius 2 is 1.73 bits per heavy atom. The van der Waals surface area contributed by atoms with Gasteiger partial charge in [0.05, 0.1) is 19.5 Å². The number of imidazole rings is 1. The SMILES string of the molecule is Cc1ccc(C(Cn2ccnc2)OCc2ccc(Oc3ccccc3)cc2)c(Cl)c1. The molecule has 3 aromatic carbocycles. The van der Waals surface area contributed by atoms with Crippen molar-refractivity contribution < 1.29 is 9.47 Å². The monoisotopic (exact) mass is 418 g/mol. The lowest BCUT2D eigenvalue weighted by Gasteiger charge is -2.20. The average Bonchev–Trinajstić information content (AvgIpc) is 3.26. The first-order valence-corrected chi connectivity index (χ1v) is 10.2. The highest BCUT2D eigenvalue weighted by molar-refractivity contribution is 6.31. The standard InChI is InChI=1S/C25H23ClN2O2/c1-19-7-12-23(24(26)15-19)25(16-28-14-13-27-18-28)29-17-20-8-10-22(11-9-20)30-21-5-3-2-4-6-21/h2-15,18,25H,16-17H2,1H3. The molecule has 30 heavy (non-hydrogen) atoms. The van der Waals surface area contributed by atoms with Gasteiger partial charge in [-0.25, -0.2) is 4.98 Å². The van der Waals surface area contributed by atoms with Crippen LogP contribution < -0.4 is 4.74 Å². The van der Waals surface area contributed by atoms with Crippen molar-refractivity contribution in [2.75, 3.05) is 0 Å². The van der Waals surface area contributed by atoms with Gasteiger partial charge in [0, 0.05) is 23.0 Å². The van der Waals surface area contributed by atoms with Crippen molar-refractivity contribution in [2.24, 2.45) is 0 Å². The van der Waals surface area contributed by atoms with E-state index in [4.69, 9.17) is 21.1 Å². The van der Waals surface area contributed by atoms with Gasteiger partial charge in [-0.15, -0.1) is 0 Å². The Hall–Kier alpha value is -3.08. The minimum absolute atomic E-state index is 0.187. The lowest BCUT2D eigenvalue weighted by Crippen LogP contribution is -2.12. The zero-order valence-corrected chi connectivity index (χ0v) is 17.5. The molecule has 0 radical (unpaired) electrons. The zero-order chi connectivity index (χ0) is 20.8. The molecule has 0 amide bonds. The highest BCUT2D eigenvalue weighted by atomic mass is 35.5. The molecule has 0 aliphatic rings. The Kier molecular flexibility index (Phi) is 6.47. The minimum Gasteiger partial charge on any atom is -0.457 e. The molecule has 4 nitrogen and oxygen atoms in total. The predicted molar refractivity (Wildman–Crippen MR) is 119 cm³/mol. The van der Waals surface area contributed by atoms with Gasteiger partial charge in [0.15, 0.2) is 0 Å². The lowest BCUT2D eigenvalue weighted by molar-refractivity contribution is 0.0280. The highest BCUT2D eigenvalue weighted by Crippen LogP contribution is 2.29. The third-order valence-corrected chi connectivity index (χ3v) is 5.12. The smallest absolute Gasteiger partial charge is 0.127 e. The third kappa shape index (κ3) is 5.29. The molecule has 0 aliphatic carbocycles. The molecule has 0 spiro atoms. The second-order valence-electron chi connectivity index (χ2n) is 7.14. The Labute approximate surface area is 181 Å².